The van der Waals surface area contributed by atoms with Crippen LogP contribution in [0.3, 0.4) is 0 Å². The number of nitrogens with two attached hydrogens (primary N) is 1. The van der Waals surface area contributed by atoms with E-state index < -0.39 is 0 Å². The molecule has 2 rings (SSSR count). The Morgan fingerprint density at radius 3 is 2.67 bits per heavy atom. The van der Waals surface area contributed by atoms with Crippen molar-refractivity contribution in [2.75, 3.05) is 18.2 Å². The predicted molar refractivity (Wildman–Crippen MR) is 78.9 cm³/mol. The summed E-state index contributed by atoms with van der Waals surface area (Å²) in [5.41, 5.74) is 8.80. The first-order valence-corrected chi connectivity index (χ1v) is 6.41. The topological polar surface area (TPSA) is 47.3 Å². The lowest BCUT2D eigenvalue weighted by Crippen LogP contribution is -2.02. The number of benzene rings is 2. The maximum atomic E-state index is 5.89. The first-order chi connectivity index (χ1) is 8.70. The minimum absolute atomic E-state index is 0.700. The maximum Gasteiger partial charge on any atom is 0.133 e. The van der Waals surface area contributed by atoms with Gasteiger partial charge in [0.25, 0.3) is 0 Å². The summed E-state index contributed by atoms with van der Waals surface area (Å²) in [4.78, 5) is 0. The number of hydrogen-bond donors (Lipinski definition) is 2. The van der Waals surface area contributed by atoms with E-state index in [0.29, 0.717) is 6.54 Å². The van der Waals surface area contributed by atoms with Crippen molar-refractivity contribution in [1.29, 1.82) is 0 Å². The third-order valence-corrected chi connectivity index (χ3v) is 3.31. The van der Waals surface area contributed by atoms with Crippen LogP contribution in [0.15, 0.2) is 46.9 Å². The van der Waals surface area contributed by atoms with Gasteiger partial charge in [-0.1, -0.05) is 18.2 Å². The van der Waals surface area contributed by atoms with E-state index in [1.165, 1.54) is 0 Å². The van der Waals surface area contributed by atoms with E-state index in [-0.39, 0.29) is 0 Å². The van der Waals surface area contributed by atoms with Crippen molar-refractivity contribution < 1.29 is 4.74 Å². The zero-order chi connectivity index (χ0) is 13.0. The smallest absolute Gasteiger partial charge is 0.133 e. The van der Waals surface area contributed by atoms with Gasteiger partial charge in [0.2, 0.25) is 0 Å². The molecule has 3 N–H and O–H groups in total. The van der Waals surface area contributed by atoms with E-state index in [1.807, 2.05) is 42.5 Å². The summed E-state index contributed by atoms with van der Waals surface area (Å²) >= 11 is 3.46. The highest BCUT2D eigenvalue weighted by Crippen LogP contribution is 2.28. The maximum absolute atomic E-state index is 5.89. The Bertz CT molecular complexity index is 543. The number of halogens is 1. The van der Waals surface area contributed by atoms with Crippen LogP contribution in [0, 0.1) is 0 Å². The summed E-state index contributed by atoms with van der Waals surface area (Å²) in [5, 5.41) is 3.33. The molecule has 0 heterocycles. The molecule has 0 unspecified atom stereocenters. The summed E-state index contributed by atoms with van der Waals surface area (Å²) in [6.07, 6.45) is 0. The fourth-order valence-electron chi connectivity index (χ4n) is 1.67. The highest BCUT2D eigenvalue weighted by atomic mass is 79.9. The third kappa shape index (κ3) is 2.96. The fourth-order valence-corrected chi connectivity index (χ4v) is 2.21. The molecule has 2 aromatic carbocycles. The van der Waals surface area contributed by atoms with Crippen molar-refractivity contribution in [2.45, 2.75) is 6.54 Å². The van der Waals surface area contributed by atoms with E-state index in [0.717, 1.165) is 27.2 Å². The second-order valence-corrected chi connectivity index (χ2v) is 4.76. The van der Waals surface area contributed by atoms with Gasteiger partial charge in [-0.15, -0.1) is 0 Å². The molecule has 0 saturated carbocycles. The van der Waals surface area contributed by atoms with Crippen LogP contribution in [0.4, 0.5) is 11.4 Å². The van der Waals surface area contributed by atoms with E-state index in [9.17, 15) is 0 Å². The Balaban J connectivity index is 2.07. The Kier molecular flexibility index (Phi) is 4.10. The summed E-state index contributed by atoms with van der Waals surface area (Å²) in [6, 6.07) is 13.7. The van der Waals surface area contributed by atoms with E-state index in [2.05, 4.69) is 21.2 Å². The molecule has 0 aromatic heterocycles. The molecule has 0 aliphatic heterocycles. The van der Waals surface area contributed by atoms with Crippen LogP contribution in [-0.2, 0) is 6.54 Å². The quantitative estimate of drug-likeness (QED) is 0.848. The van der Waals surface area contributed by atoms with Gasteiger partial charge in [0.05, 0.1) is 11.6 Å². The van der Waals surface area contributed by atoms with Crippen molar-refractivity contribution in [3.8, 4) is 5.75 Å². The monoisotopic (exact) mass is 306 g/mol. The molecule has 0 spiro atoms. The average Bonchev–Trinajstić information content (AvgIpc) is 2.38. The number of para-hydroxylation sites is 1. The molecule has 0 amide bonds. The van der Waals surface area contributed by atoms with Crippen LogP contribution in [0.5, 0.6) is 5.75 Å². The number of nitrogens with one attached hydrogen (secondary N) is 1. The number of rotatable bonds is 4. The van der Waals surface area contributed by atoms with Crippen molar-refractivity contribution in [3.05, 3.63) is 52.5 Å². The van der Waals surface area contributed by atoms with Gasteiger partial charge in [0.15, 0.2) is 0 Å². The second kappa shape index (κ2) is 5.78. The molecule has 94 valence electrons. The standard InChI is InChI=1S/C14H15BrN2O/c1-18-14-7-6-11(8-12(14)15)17-9-10-4-2-3-5-13(10)16/h2-8,17H,9,16H2,1H3. The number of anilines is 2. The summed E-state index contributed by atoms with van der Waals surface area (Å²) in [5.74, 6) is 0.819. The first kappa shape index (κ1) is 12.8. The minimum Gasteiger partial charge on any atom is -0.496 e. The molecule has 0 radical (unpaired) electrons. The summed E-state index contributed by atoms with van der Waals surface area (Å²) in [6.45, 7) is 0.700. The molecule has 0 atom stereocenters. The molecule has 0 saturated heterocycles. The van der Waals surface area contributed by atoms with Crippen LogP contribution >= 0.6 is 15.9 Å². The number of nitrogen functional groups attached to an aromatic ring is 1. The van der Waals surface area contributed by atoms with Gasteiger partial charge < -0.3 is 15.8 Å². The highest BCUT2D eigenvalue weighted by Gasteiger charge is 2.02. The normalized spacial score (nSPS) is 10.1. The van der Waals surface area contributed by atoms with Gasteiger partial charge in [0.1, 0.15) is 5.75 Å². The molecule has 0 aliphatic rings. The first-order valence-electron chi connectivity index (χ1n) is 5.61. The lowest BCUT2D eigenvalue weighted by molar-refractivity contribution is 0.412. The molecule has 18 heavy (non-hydrogen) atoms. The average molecular weight is 307 g/mol. The molecule has 0 bridgehead atoms. The third-order valence-electron chi connectivity index (χ3n) is 2.69. The van der Waals surface area contributed by atoms with Crippen LogP contribution in [-0.4, -0.2) is 7.11 Å². The fraction of sp³-hybridized carbons (Fsp3) is 0.143. The van der Waals surface area contributed by atoms with E-state index in [1.54, 1.807) is 7.11 Å². The molecule has 3 nitrogen and oxygen atoms in total. The minimum atomic E-state index is 0.700. The van der Waals surface area contributed by atoms with Crippen molar-refractivity contribution in [2.24, 2.45) is 0 Å². The highest BCUT2D eigenvalue weighted by molar-refractivity contribution is 9.10. The zero-order valence-electron chi connectivity index (χ0n) is 10.1. The Hall–Kier alpha value is -1.68. The Morgan fingerprint density at radius 1 is 1.22 bits per heavy atom. The number of hydrogen-bond acceptors (Lipinski definition) is 3. The molecular weight excluding hydrogens is 292 g/mol. The van der Waals surface area contributed by atoms with Crippen LogP contribution in [0.1, 0.15) is 5.56 Å². The predicted octanol–water partition coefficient (Wildman–Crippen LogP) is 3.65. The molecule has 2 aromatic rings. The van der Waals surface area contributed by atoms with Crippen LogP contribution in [0.2, 0.25) is 0 Å². The summed E-state index contributed by atoms with van der Waals surface area (Å²) in [7, 11) is 1.65. The van der Waals surface area contributed by atoms with E-state index >= 15 is 0 Å². The van der Waals surface area contributed by atoms with Gasteiger partial charge in [-0.2, -0.15) is 0 Å². The molecule has 0 aliphatic carbocycles. The molecular formula is C14H15BrN2O. The van der Waals surface area contributed by atoms with Crippen molar-refractivity contribution >= 4 is 27.3 Å². The van der Waals surface area contributed by atoms with Gasteiger partial charge >= 0.3 is 0 Å². The SMILES string of the molecule is COc1ccc(NCc2ccccc2N)cc1Br. The Morgan fingerprint density at radius 2 is 2.00 bits per heavy atom. The largest absolute Gasteiger partial charge is 0.496 e. The van der Waals surface area contributed by atoms with Crippen molar-refractivity contribution in [3.63, 3.8) is 0 Å². The van der Waals surface area contributed by atoms with Gasteiger partial charge in [-0.25, -0.2) is 0 Å². The lowest BCUT2D eigenvalue weighted by atomic mass is 10.2. The molecule has 0 fully saturated rings. The molecule has 4 heteroatoms. The lowest BCUT2D eigenvalue weighted by Gasteiger charge is -2.10. The van der Waals surface area contributed by atoms with Gasteiger partial charge in [-0.05, 0) is 45.8 Å². The Labute approximate surface area is 115 Å². The van der Waals surface area contributed by atoms with E-state index in [4.69, 9.17) is 10.5 Å². The van der Waals surface area contributed by atoms with Crippen LogP contribution < -0.4 is 15.8 Å². The zero-order valence-corrected chi connectivity index (χ0v) is 11.7. The second-order valence-electron chi connectivity index (χ2n) is 3.90. The summed E-state index contributed by atoms with van der Waals surface area (Å²) < 4.78 is 6.11. The number of methoxy groups -OCH3 is 1. The van der Waals surface area contributed by atoms with Gasteiger partial charge in [0, 0.05) is 17.9 Å². The number of ether oxygens (including phenoxy) is 1. The van der Waals surface area contributed by atoms with Crippen molar-refractivity contribution in [1.82, 2.24) is 0 Å². The van der Waals surface area contributed by atoms with Gasteiger partial charge in [-0.3, -0.25) is 0 Å². The van der Waals surface area contributed by atoms with Crippen LogP contribution in [0.25, 0.3) is 0 Å².